The molecular weight excluding hydrogens is 202 g/mol. The Morgan fingerprint density at radius 1 is 1.56 bits per heavy atom. The van der Waals surface area contributed by atoms with Gasteiger partial charge in [-0.05, 0) is 19.9 Å². The largest absolute Gasteiger partial charge is 0.372 e. The molecule has 0 saturated carbocycles. The SMILES string of the molecule is CNc1nc2c(cc1C#N)COC(C)(C)C2. The van der Waals surface area contributed by atoms with Gasteiger partial charge in [0.2, 0.25) is 0 Å². The van der Waals surface area contributed by atoms with Gasteiger partial charge < -0.3 is 10.1 Å². The van der Waals surface area contributed by atoms with E-state index >= 15 is 0 Å². The van der Waals surface area contributed by atoms with Crippen LogP contribution in [0.3, 0.4) is 0 Å². The van der Waals surface area contributed by atoms with Gasteiger partial charge in [0.25, 0.3) is 0 Å². The van der Waals surface area contributed by atoms with Gasteiger partial charge >= 0.3 is 0 Å². The zero-order valence-corrected chi connectivity index (χ0v) is 9.79. The zero-order chi connectivity index (χ0) is 11.8. The minimum absolute atomic E-state index is 0.167. The summed E-state index contributed by atoms with van der Waals surface area (Å²) in [5.41, 5.74) is 2.46. The van der Waals surface area contributed by atoms with Crippen LogP contribution in [-0.4, -0.2) is 17.6 Å². The second kappa shape index (κ2) is 3.76. The Labute approximate surface area is 95.3 Å². The first-order chi connectivity index (χ1) is 7.55. The number of rotatable bonds is 1. The number of aromatic nitrogens is 1. The van der Waals surface area contributed by atoms with Gasteiger partial charge in [-0.25, -0.2) is 4.98 Å². The molecule has 0 amide bonds. The van der Waals surface area contributed by atoms with Crippen molar-refractivity contribution >= 4 is 5.82 Å². The maximum atomic E-state index is 8.98. The smallest absolute Gasteiger partial charge is 0.143 e. The van der Waals surface area contributed by atoms with Gasteiger partial charge in [-0.15, -0.1) is 0 Å². The number of hydrogen-bond donors (Lipinski definition) is 1. The highest BCUT2D eigenvalue weighted by atomic mass is 16.5. The van der Waals surface area contributed by atoms with E-state index in [9.17, 15) is 0 Å². The van der Waals surface area contributed by atoms with Crippen molar-refractivity contribution in [2.45, 2.75) is 32.5 Å². The molecule has 1 aromatic heterocycles. The number of ether oxygens (including phenoxy) is 1. The highest BCUT2D eigenvalue weighted by Gasteiger charge is 2.27. The van der Waals surface area contributed by atoms with Crippen LogP contribution in [0.2, 0.25) is 0 Å². The fourth-order valence-corrected chi connectivity index (χ4v) is 1.87. The lowest BCUT2D eigenvalue weighted by atomic mass is 9.95. The van der Waals surface area contributed by atoms with Gasteiger partial charge in [-0.2, -0.15) is 5.26 Å². The number of hydrogen-bond acceptors (Lipinski definition) is 4. The van der Waals surface area contributed by atoms with Gasteiger partial charge in [-0.1, -0.05) is 0 Å². The summed E-state index contributed by atoms with van der Waals surface area (Å²) in [6.45, 7) is 4.64. The summed E-state index contributed by atoms with van der Waals surface area (Å²) in [5, 5.41) is 11.9. The van der Waals surface area contributed by atoms with E-state index in [1.165, 1.54) is 0 Å². The van der Waals surface area contributed by atoms with E-state index in [4.69, 9.17) is 10.00 Å². The van der Waals surface area contributed by atoms with Crippen molar-refractivity contribution in [1.29, 1.82) is 5.26 Å². The van der Waals surface area contributed by atoms with Gasteiger partial charge in [-0.3, -0.25) is 0 Å². The maximum absolute atomic E-state index is 8.98. The summed E-state index contributed by atoms with van der Waals surface area (Å²) < 4.78 is 5.69. The monoisotopic (exact) mass is 217 g/mol. The van der Waals surface area contributed by atoms with Crippen molar-refractivity contribution in [3.05, 3.63) is 22.9 Å². The minimum Gasteiger partial charge on any atom is -0.372 e. The molecule has 1 aliphatic rings. The second-order valence-electron chi connectivity index (χ2n) is 4.58. The van der Waals surface area contributed by atoms with E-state index in [0.717, 1.165) is 17.7 Å². The van der Waals surface area contributed by atoms with Crippen LogP contribution in [0.5, 0.6) is 0 Å². The van der Waals surface area contributed by atoms with Gasteiger partial charge in [0.15, 0.2) is 0 Å². The Hall–Kier alpha value is -1.60. The van der Waals surface area contributed by atoms with Crippen molar-refractivity contribution in [3.8, 4) is 6.07 Å². The third-order valence-electron chi connectivity index (χ3n) is 2.76. The molecule has 0 saturated heterocycles. The third kappa shape index (κ3) is 1.86. The normalized spacial score (nSPS) is 17.4. The maximum Gasteiger partial charge on any atom is 0.143 e. The number of nitrogens with zero attached hydrogens (tertiary/aromatic N) is 2. The molecule has 0 unspecified atom stereocenters. The Kier molecular flexibility index (Phi) is 2.56. The predicted molar refractivity (Wildman–Crippen MR) is 61.1 cm³/mol. The van der Waals surface area contributed by atoms with Gasteiger partial charge in [0.05, 0.1) is 23.5 Å². The topological polar surface area (TPSA) is 57.9 Å². The van der Waals surface area contributed by atoms with Gasteiger partial charge in [0.1, 0.15) is 11.9 Å². The number of pyridine rings is 1. The molecule has 4 nitrogen and oxygen atoms in total. The van der Waals surface area contributed by atoms with Gasteiger partial charge in [0, 0.05) is 19.0 Å². The van der Waals surface area contributed by atoms with Crippen molar-refractivity contribution in [2.75, 3.05) is 12.4 Å². The van der Waals surface area contributed by atoms with Crippen molar-refractivity contribution in [2.24, 2.45) is 0 Å². The van der Waals surface area contributed by atoms with E-state index in [-0.39, 0.29) is 5.60 Å². The molecule has 16 heavy (non-hydrogen) atoms. The Bertz CT molecular complexity index is 460. The predicted octanol–water partition coefficient (Wildman–Crippen LogP) is 1.85. The van der Waals surface area contributed by atoms with Crippen LogP contribution in [0.4, 0.5) is 5.82 Å². The number of fused-ring (bicyclic) bond motifs is 1. The van der Waals surface area contributed by atoms with E-state index in [0.29, 0.717) is 18.0 Å². The molecule has 0 radical (unpaired) electrons. The fraction of sp³-hybridized carbons (Fsp3) is 0.500. The molecule has 4 heteroatoms. The van der Waals surface area contributed by atoms with Crippen LogP contribution in [0.1, 0.15) is 30.7 Å². The summed E-state index contributed by atoms with van der Waals surface area (Å²) in [4.78, 5) is 4.48. The first kappa shape index (κ1) is 10.9. The minimum atomic E-state index is -0.167. The van der Waals surface area contributed by atoms with E-state index in [2.05, 4.69) is 30.2 Å². The van der Waals surface area contributed by atoms with E-state index < -0.39 is 0 Å². The van der Waals surface area contributed by atoms with E-state index in [1.54, 1.807) is 7.05 Å². The molecule has 2 rings (SSSR count). The molecule has 0 aromatic carbocycles. The Morgan fingerprint density at radius 2 is 2.31 bits per heavy atom. The van der Waals surface area contributed by atoms with Crippen molar-refractivity contribution in [1.82, 2.24) is 4.98 Å². The first-order valence-electron chi connectivity index (χ1n) is 5.30. The molecule has 0 bridgehead atoms. The lowest BCUT2D eigenvalue weighted by molar-refractivity contribution is -0.0412. The van der Waals surface area contributed by atoms with E-state index in [1.807, 2.05) is 6.07 Å². The molecule has 1 N–H and O–H groups in total. The third-order valence-corrected chi connectivity index (χ3v) is 2.76. The second-order valence-corrected chi connectivity index (χ2v) is 4.58. The summed E-state index contributed by atoms with van der Waals surface area (Å²) in [6.07, 6.45) is 0.780. The first-order valence-corrected chi connectivity index (χ1v) is 5.30. The van der Waals surface area contributed by atoms with Crippen LogP contribution in [0.15, 0.2) is 6.07 Å². The van der Waals surface area contributed by atoms with Crippen LogP contribution in [0, 0.1) is 11.3 Å². The molecule has 0 atom stereocenters. The fourth-order valence-electron chi connectivity index (χ4n) is 1.87. The zero-order valence-electron chi connectivity index (χ0n) is 9.79. The Balaban J connectivity index is 2.47. The molecular formula is C12H15N3O. The standard InChI is InChI=1S/C12H15N3O/c1-12(2)5-10-9(7-16-12)4-8(6-13)11(14-3)15-10/h4H,5,7H2,1-3H3,(H,14,15). The van der Waals surface area contributed by atoms with Crippen molar-refractivity contribution in [3.63, 3.8) is 0 Å². The summed E-state index contributed by atoms with van der Waals surface area (Å²) in [5.74, 6) is 0.652. The average Bonchev–Trinajstić information content (AvgIpc) is 2.26. The molecule has 2 heterocycles. The van der Waals surface area contributed by atoms with Crippen molar-refractivity contribution < 1.29 is 4.74 Å². The van der Waals surface area contributed by atoms with Crippen LogP contribution in [0.25, 0.3) is 0 Å². The number of nitrogens with one attached hydrogen (secondary N) is 1. The molecule has 1 aromatic rings. The van der Waals surface area contributed by atoms with Crippen LogP contribution in [-0.2, 0) is 17.8 Å². The molecule has 0 spiro atoms. The summed E-state index contributed by atoms with van der Waals surface area (Å²) in [7, 11) is 1.78. The average molecular weight is 217 g/mol. The summed E-state index contributed by atoms with van der Waals surface area (Å²) in [6, 6.07) is 4.00. The number of anilines is 1. The van der Waals surface area contributed by atoms with Crippen LogP contribution < -0.4 is 5.32 Å². The molecule has 0 fully saturated rings. The highest BCUT2D eigenvalue weighted by molar-refractivity contribution is 5.54. The number of nitriles is 1. The Morgan fingerprint density at radius 3 is 2.94 bits per heavy atom. The highest BCUT2D eigenvalue weighted by Crippen LogP contribution is 2.28. The lowest BCUT2D eigenvalue weighted by Crippen LogP contribution is -2.32. The molecule has 0 aliphatic carbocycles. The molecule has 1 aliphatic heterocycles. The lowest BCUT2D eigenvalue weighted by Gasteiger charge is -2.31. The summed E-state index contributed by atoms with van der Waals surface area (Å²) >= 11 is 0. The molecule has 84 valence electrons. The quantitative estimate of drug-likeness (QED) is 0.779. The van der Waals surface area contributed by atoms with Crippen LogP contribution >= 0.6 is 0 Å².